The van der Waals surface area contributed by atoms with Gasteiger partial charge in [-0.2, -0.15) is 8.78 Å². The molecule has 1 saturated heterocycles. The van der Waals surface area contributed by atoms with Gasteiger partial charge >= 0.3 is 12.6 Å². The van der Waals surface area contributed by atoms with E-state index in [1.165, 1.54) is 24.3 Å². The molecule has 2 aromatic carbocycles. The molecule has 0 bridgehead atoms. The summed E-state index contributed by atoms with van der Waals surface area (Å²) in [5.74, 6) is -0.135. The molecule has 0 radical (unpaired) electrons. The number of benzene rings is 2. The third-order valence-electron chi connectivity index (χ3n) is 5.16. The first-order valence-electron chi connectivity index (χ1n) is 9.61. The van der Waals surface area contributed by atoms with Crippen LogP contribution in [-0.2, 0) is 21.7 Å². The highest BCUT2D eigenvalue weighted by Crippen LogP contribution is 2.37. The second kappa shape index (κ2) is 8.33. The highest BCUT2D eigenvalue weighted by Gasteiger charge is 2.49. The first-order valence-corrected chi connectivity index (χ1v) is 9.61. The average Bonchev–Trinajstić information content (AvgIpc) is 3.31. The lowest BCUT2D eigenvalue weighted by molar-refractivity contribution is -0.134. The van der Waals surface area contributed by atoms with Crippen LogP contribution in [0.3, 0.4) is 0 Å². The normalized spacial score (nSPS) is 19.3. The molecule has 0 spiro atoms. The van der Waals surface area contributed by atoms with Crippen LogP contribution in [0.4, 0.5) is 13.6 Å². The molecule has 2 heterocycles. The number of alkyl halides is 2. The van der Waals surface area contributed by atoms with Gasteiger partial charge in [0.05, 0.1) is 0 Å². The van der Waals surface area contributed by atoms with E-state index in [1.54, 1.807) is 25.1 Å². The number of amides is 4. The fraction of sp³-hybridized carbons (Fsp3) is 0.286. The number of imide groups is 1. The molecular weight excluding hydrogens is 428 g/mol. The third-order valence-corrected chi connectivity index (χ3v) is 5.16. The highest BCUT2D eigenvalue weighted by atomic mass is 19.3. The summed E-state index contributed by atoms with van der Waals surface area (Å²) < 4.78 is 39.2. The summed E-state index contributed by atoms with van der Waals surface area (Å²) >= 11 is 0. The zero-order valence-corrected chi connectivity index (χ0v) is 16.9. The Bertz CT molecular complexity index is 1060. The van der Waals surface area contributed by atoms with Crippen molar-refractivity contribution >= 4 is 17.8 Å². The predicted molar refractivity (Wildman–Crippen MR) is 105 cm³/mol. The number of carbonyl (C=O) groups is 3. The summed E-state index contributed by atoms with van der Waals surface area (Å²) in [7, 11) is 0. The van der Waals surface area contributed by atoms with Crippen LogP contribution < -0.4 is 24.8 Å². The fourth-order valence-corrected chi connectivity index (χ4v) is 3.43. The standard InChI is InChI=1S/C21H19F2N3O6/c1-21(13-4-7-15-16(8-13)31-11-30-15)18(28)26(20(29)25-21)10-17(27)24-9-12-2-5-14(6-3-12)32-19(22)23/h2-8,19H,9-11H2,1H3,(H,24,27)(H,25,29). The number of nitrogens with one attached hydrogen (secondary N) is 2. The molecule has 168 valence electrons. The first-order chi connectivity index (χ1) is 15.3. The second-order valence-corrected chi connectivity index (χ2v) is 7.31. The van der Waals surface area contributed by atoms with Crippen molar-refractivity contribution in [2.75, 3.05) is 13.3 Å². The molecule has 0 aromatic heterocycles. The molecule has 1 atom stereocenters. The lowest BCUT2D eigenvalue weighted by Gasteiger charge is -2.22. The molecule has 9 nitrogen and oxygen atoms in total. The van der Waals surface area contributed by atoms with Crippen molar-refractivity contribution in [2.45, 2.75) is 25.6 Å². The van der Waals surface area contributed by atoms with Gasteiger partial charge in [-0.05, 0) is 42.3 Å². The monoisotopic (exact) mass is 447 g/mol. The number of rotatable bonds is 7. The van der Waals surface area contributed by atoms with Crippen molar-refractivity contribution in [3.8, 4) is 17.2 Å². The Morgan fingerprint density at radius 2 is 1.91 bits per heavy atom. The van der Waals surface area contributed by atoms with Crippen LogP contribution in [0.5, 0.6) is 17.2 Å². The Kier molecular flexibility index (Phi) is 5.56. The van der Waals surface area contributed by atoms with Crippen LogP contribution in [0.15, 0.2) is 42.5 Å². The maximum Gasteiger partial charge on any atom is 0.387 e. The summed E-state index contributed by atoms with van der Waals surface area (Å²) in [6.45, 7) is -1.70. The van der Waals surface area contributed by atoms with Gasteiger partial charge in [-0.15, -0.1) is 0 Å². The van der Waals surface area contributed by atoms with Crippen LogP contribution in [0.2, 0.25) is 0 Å². The van der Waals surface area contributed by atoms with Crippen molar-refractivity contribution < 1.29 is 37.4 Å². The Labute approximate surface area is 181 Å². The van der Waals surface area contributed by atoms with Crippen molar-refractivity contribution in [3.63, 3.8) is 0 Å². The van der Waals surface area contributed by atoms with Crippen molar-refractivity contribution in [2.24, 2.45) is 0 Å². The number of fused-ring (bicyclic) bond motifs is 1. The summed E-state index contributed by atoms with van der Waals surface area (Å²) in [4.78, 5) is 38.6. The zero-order chi connectivity index (χ0) is 22.9. The number of ether oxygens (including phenoxy) is 3. The number of halogens is 2. The Morgan fingerprint density at radius 1 is 1.19 bits per heavy atom. The van der Waals surface area contributed by atoms with Gasteiger partial charge in [0, 0.05) is 6.54 Å². The van der Waals surface area contributed by atoms with Gasteiger partial charge < -0.3 is 24.8 Å². The molecule has 1 unspecified atom stereocenters. The molecule has 4 amide bonds. The number of urea groups is 1. The molecule has 32 heavy (non-hydrogen) atoms. The van der Waals surface area contributed by atoms with Crippen molar-refractivity contribution in [1.29, 1.82) is 0 Å². The minimum Gasteiger partial charge on any atom is -0.454 e. The number of carbonyl (C=O) groups excluding carboxylic acids is 3. The molecule has 2 aliphatic rings. The number of hydrogen-bond donors (Lipinski definition) is 2. The zero-order valence-electron chi connectivity index (χ0n) is 16.9. The van der Waals surface area contributed by atoms with E-state index in [0.717, 1.165) is 4.90 Å². The molecule has 1 fully saturated rings. The minimum atomic E-state index is -2.92. The lowest BCUT2D eigenvalue weighted by Crippen LogP contribution is -2.43. The van der Waals surface area contributed by atoms with E-state index in [-0.39, 0.29) is 19.1 Å². The SMILES string of the molecule is CC1(c2ccc3c(c2)OCO3)NC(=O)N(CC(=O)NCc2ccc(OC(F)F)cc2)C1=O. The molecule has 2 N–H and O–H groups in total. The third kappa shape index (κ3) is 4.13. The van der Waals surface area contributed by atoms with Gasteiger partial charge in [0.25, 0.3) is 5.91 Å². The Hall–Kier alpha value is -3.89. The number of nitrogens with zero attached hydrogens (tertiary/aromatic N) is 1. The van der Waals surface area contributed by atoms with Crippen LogP contribution in [-0.4, -0.2) is 42.7 Å². The van der Waals surface area contributed by atoms with Gasteiger partial charge in [0.15, 0.2) is 11.5 Å². The molecule has 2 aliphatic heterocycles. The Balaban J connectivity index is 1.37. The predicted octanol–water partition coefficient (Wildman–Crippen LogP) is 2.10. The smallest absolute Gasteiger partial charge is 0.387 e. The van der Waals surface area contributed by atoms with Crippen LogP contribution in [0, 0.1) is 0 Å². The maximum absolute atomic E-state index is 13.0. The summed E-state index contributed by atoms with van der Waals surface area (Å²) in [5.41, 5.74) is -0.240. The van der Waals surface area contributed by atoms with E-state index in [0.29, 0.717) is 22.6 Å². The van der Waals surface area contributed by atoms with Crippen LogP contribution in [0.1, 0.15) is 18.1 Å². The average molecular weight is 447 g/mol. The second-order valence-electron chi connectivity index (χ2n) is 7.31. The first kappa shape index (κ1) is 21.3. The molecule has 11 heteroatoms. The fourth-order valence-electron chi connectivity index (χ4n) is 3.43. The van der Waals surface area contributed by atoms with Crippen LogP contribution in [0.25, 0.3) is 0 Å². The number of hydrogen-bond acceptors (Lipinski definition) is 6. The summed E-state index contributed by atoms with van der Waals surface area (Å²) in [5, 5.41) is 5.21. The summed E-state index contributed by atoms with van der Waals surface area (Å²) in [6.07, 6.45) is 0. The molecular formula is C21H19F2N3O6. The van der Waals surface area contributed by atoms with Crippen LogP contribution >= 0.6 is 0 Å². The Morgan fingerprint density at radius 3 is 2.62 bits per heavy atom. The maximum atomic E-state index is 13.0. The van der Waals surface area contributed by atoms with Gasteiger partial charge in [-0.1, -0.05) is 18.2 Å². The van der Waals surface area contributed by atoms with E-state index < -0.39 is 36.5 Å². The van der Waals surface area contributed by atoms with E-state index in [9.17, 15) is 23.2 Å². The molecule has 0 saturated carbocycles. The lowest BCUT2D eigenvalue weighted by atomic mass is 9.91. The van der Waals surface area contributed by atoms with Gasteiger partial charge in [0.2, 0.25) is 12.7 Å². The van der Waals surface area contributed by atoms with Gasteiger partial charge in [-0.3, -0.25) is 14.5 Å². The molecule has 4 rings (SSSR count). The van der Waals surface area contributed by atoms with E-state index in [2.05, 4.69) is 15.4 Å². The van der Waals surface area contributed by atoms with E-state index in [1.807, 2.05) is 0 Å². The highest BCUT2D eigenvalue weighted by molar-refractivity contribution is 6.09. The quantitative estimate of drug-likeness (QED) is 0.630. The minimum absolute atomic E-state index is 0.00258. The molecule has 0 aliphatic carbocycles. The van der Waals surface area contributed by atoms with E-state index >= 15 is 0 Å². The largest absolute Gasteiger partial charge is 0.454 e. The van der Waals surface area contributed by atoms with Crippen molar-refractivity contribution in [1.82, 2.24) is 15.5 Å². The van der Waals surface area contributed by atoms with E-state index in [4.69, 9.17) is 9.47 Å². The van der Waals surface area contributed by atoms with Gasteiger partial charge in [0.1, 0.15) is 17.8 Å². The van der Waals surface area contributed by atoms with Gasteiger partial charge in [-0.25, -0.2) is 4.79 Å². The van der Waals surface area contributed by atoms with Crippen molar-refractivity contribution in [3.05, 3.63) is 53.6 Å². The molecule has 2 aromatic rings. The summed E-state index contributed by atoms with van der Waals surface area (Å²) in [6, 6.07) is 9.95. The topological polar surface area (TPSA) is 106 Å².